The summed E-state index contributed by atoms with van der Waals surface area (Å²) < 4.78 is 13.1. The van der Waals surface area contributed by atoms with Gasteiger partial charge >= 0.3 is 0 Å². The van der Waals surface area contributed by atoms with Gasteiger partial charge in [-0.2, -0.15) is 0 Å². The number of hydrogen-bond donors (Lipinski definition) is 1. The molecule has 158 valence electrons. The Morgan fingerprint density at radius 1 is 1.17 bits per heavy atom. The van der Waals surface area contributed by atoms with Crippen molar-refractivity contribution < 1.29 is 14.3 Å². The van der Waals surface area contributed by atoms with Crippen molar-refractivity contribution in [3.05, 3.63) is 59.9 Å². The fourth-order valence-electron chi connectivity index (χ4n) is 2.95. The van der Waals surface area contributed by atoms with Crippen LogP contribution in [0.4, 0.5) is 5.69 Å². The molecule has 1 amide bonds. The first kappa shape index (κ1) is 21.7. The van der Waals surface area contributed by atoms with Crippen molar-refractivity contribution in [2.24, 2.45) is 0 Å². The zero-order valence-electron chi connectivity index (χ0n) is 17.6. The third-order valence-corrected chi connectivity index (χ3v) is 5.40. The molecule has 0 fully saturated rings. The Bertz CT molecular complexity index is 988. The topological polar surface area (TPSA) is 78.3 Å². The molecule has 0 aliphatic carbocycles. The fraction of sp³-hybridized carbons (Fsp3) is 0.318. The molecule has 2 aromatic carbocycles. The second-order valence-corrected chi connectivity index (χ2v) is 7.67. The highest BCUT2D eigenvalue weighted by molar-refractivity contribution is 7.99. The second kappa shape index (κ2) is 10.2. The Morgan fingerprint density at radius 3 is 2.60 bits per heavy atom. The largest absolute Gasteiger partial charge is 0.497 e. The zero-order chi connectivity index (χ0) is 21.5. The number of aryl methyl sites for hydroxylation is 1. The number of thioether (sulfide) groups is 1. The lowest BCUT2D eigenvalue weighted by atomic mass is 10.2. The molecule has 1 aromatic heterocycles. The van der Waals surface area contributed by atoms with Crippen molar-refractivity contribution in [2.75, 3.05) is 18.2 Å². The minimum atomic E-state index is -0.262. The molecule has 0 spiro atoms. The van der Waals surface area contributed by atoms with Crippen molar-refractivity contribution in [1.82, 2.24) is 14.8 Å². The van der Waals surface area contributed by atoms with Crippen molar-refractivity contribution in [2.45, 2.75) is 38.6 Å². The number of carbonyl (C=O) groups excluding carboxylic acids is 1. The van der Waals surface area contributed by atoms with Gasteiger partial charge in [0.25, 0.3) is 0 Å². The summed E-state index contributed by atoms with van der Waals surface area (Å²) in [5, 5.41) is 12.1. The van der Waals surface area contributed by atoms with E-state index in [4.69, 9.17) is 9.47 Å². The first-order valence-corrected chi connectivity index (χ1v) is 10.7. The van der Waals surface area contributed by atoms with Crippen LogP contribution in [-0.4, -0.2) is 33.5 Å². The van der Waals surface area contributed by atoms with E-state index in [2.05, 4.69) is 15.5 Å². The number of benzene rings is 2. The van der Waals surface area contributed by atoms with Crippen LogP contribution in [0.5, 0.6) is 11.5 Å². The summed E-state index contributed by atoms with van der Waals surface area (Å²) in [5.74, 6) is 2.39. The van der Waals surface area contributed by atoms with E-state index < -0.39 is 0 Å². The number of amides is 1. The van der Waals surface area contributed by atoms with Crippen LogP contribution >= 0.6 is 11.8 Å². The third kappa shape index (κ3) is 5.54. The molecule has 1 atom stereocenters. The summed E-state index contributed by atoms with van der Waals surface area (Å²) in [6, 6.07) is 15.1. The number of rotatable bonds is 9. The van der Waals surface area contributed by atoms with E-state index in [9.17, 15) is 4.79 Å². The molecule has 3 rings (SSSR count). The lowest BCUT2D eigenvalue weighted by Gasteiger charge is -2.16. The molecule has 0 bridgehead atoms. The second-order valence-electron chi connectivity index (χ2n) is 6.73. The smallest absolute Gasteiger partial charge is 0.234 e. The van der Waals surface area contributed by atoms with Crippen molar-refractivity contribution in [3.8, 4) is 11.5 Å². The first-order valence-electron chi connectivity index (χ1n) is 9.73. The molecular weight excluding hydrogens is 400 g/mol. The van der Waals surface area contributed by atoms with Gasteiger partial charge in [-0.3, -0.25) is 4.79 Å². The predicted octanol–water partition coefficient (Wildman–Crippen LogP) is 4.49. The lowest BCUT2D eigenvalue weighted by Crippen LogP contribution is -2.15. The highest BCUT2D eigenvalue weighted by atomic mass is 32.2. The normalized spacial score (nSPS) is 11.7. The summed E-state index contributed by atoms with van der Waals surface area (Å²) in [5.41, 5.74) is 1.86. The molecule has 1 heterocycles. The number of nitrogens with zero attached hydrogens (tertiary/aromatic N) is 3. The van der Waals surface area contributed by atoms with Gasteiger partial charge < -0.3 is 19.4 Å². The number of hydrogen-bond acceptors (Lipinski definition) is 6. The van der Waals surface area contributed by atoms with E-state index in [1.54, 1.807) is 31.4 Å². The van der Waals surface area contributed by atoms with Crippen LogP contribution < -0.4 is 14.8 Å². The standard InChI is InChI=1S/C22H26N4O3S/c1-5-26-21(16(3)29-19-8-6-7-15(2)13-19)24-25-22(26)30-14-20(27)23-17-9-11-18(28-4)12-10-17/h6-13,16H,5,14H2,1-4H3,(H,23,27). The Labute approximate surface area is 180 Å². The highest BCUT2D eigenvalue weighted by Crippen LogP contribution is 2.25. The van der Waals surface area contributed by atoms with E-state index in [0.29, 0.717) is 11.7 Å². The third-order valence-electron chi connectivity index (χ3n) is 4.43. The van der Waals surface area contributed by atoms with E-state index in [0.717, 1.165) is 28.6 Å². The van der Waals surface area contributed by atoms with Crippen LogP contribution in [0.1, 0.15) is 31.3 Å². The Morgan fingerprint density at radius 2 is 1.93 bits per heavy atom. The highest BCUT2D eigenvalue weighted by Gasteiger charge is 2.19. The summed E-state index contributed by atoms with van der Waals surface area (Å²) in [7, 11) is 1.61. The molecule has 1 unspecified atom stereocenters. The molecule has 0 saturated heterocycles. The quantitative estimate of drug-likeness (QED) is 0.508. The average Bonchev–Trinajstić information content (AvgIpc) is 3.16. The minimum absolute atomic E-state index is 0.110. The SMILES string of the molecule is CCn1c(SCC(=O)Nc2ccc(OC)cc2)nnc1C(C)Oc1cccc(C)c1. The Hall–Kier alpha value is -3.00. The number of anilines is 1. The average molecular weight is 427 g/mol. The zero-order valence-corrected chi connectivity index (χ0v) is 18.4. The molecule has 8 heteroatoms. The van der Waals surface area contributed by atoms with Crippen molar-refractivity contribution in [3.63, 3.8) is 0 Å². The predicted molar refractivity (Wildman–Crippen MR) is 118 cm³/mol. The van der Waals surface area contributed by atoms with Crippen LogP contribution in [0.3, 0.4) is 0 Å². The summed E-state index contributed by atoms with van der Waals surface area (Å²) in [6.07, 6.45) is -0.262. The number of methoxy groups -OCH3 is 1. The number of nitrogens with one attached hydrogen (secondary N) is 1. The van der Waals surface area contributed by atoms with Crippen LogP contribution in [0.15, 0.2) is 53.7 Å². The van der Waals surface area contributed by atoms with E-state index in [1.807, 2.05) is 49.6 Å². The molecule has 30 heavy (non-hydrogen) atoms. The minimum Gasteiger partial charge on any atom is -0.497 e. The fourth-order valence-corrected chi connectivity index (χ4v) is 3.76. The maximum Gasteiger partial charge on any atom is 0.234 e. The van der Waals surface area contributed by atoms with E-state index in [1.165, 1.54) is 11.8 Å². The monoisotopic (exact) mass is 426 g/mol. The molecule has 3 aromatic rings. The lowest BCUT2D eigenvalue weighted by molar-refractivity contribution is -0.113. The van der Waals surface area contributed by atoms with Gasteiger partial charge in [-0.15, -0.1) is 10.2 Å². The van der Waals surface area contributed by atoms with Gasteiger partial charge in [0.15, 0.2) is 17.1 Å². The molecule has 7 nitrogen and oxygen atoms in total. The van der Waals surface area contributed by atoms with Gasteiger partial charge in [-0.1, -0.05) is 23.9 Å². The molecule has 0 aliphatic rings. The number of ether oxygens (including phenoxy) is 2. The maximum atomic E-state index is 12.3. The van der Waals surface area contributed by atoms with Gasteiger partial charge in [0, 0.05) is 12.2 Å². The van der Waals surface area contributed by atoms with Gasteiger partial charge in [-0.05, 0) is 62.7 Å². The number of aromatic nitrogens is 3. The van der Waals surface area contributed by atoms with E-state index in [-0.39, 0.29) is 17.8 Å². The van der Waals surface area contributed by atoms with Gasteiger partial charge in [0.2, 0.25) is 5.91 Å². The summed E-state index contributed by atoms with van der Waals surface area (Å²) >= 11 is 1.35. The maximum absolute atomic E-state index is 12.3. The summed E-state index contributed by atoms with van der Waals surface area (Å²) in [6.45, 7) is 6.68. The molecule has 0 radical (unpaired) electrons. The van der Waals surface area contributed by atoms with Gasteiger partial charge in [0.1, 0.15) is 11.5 Å². The first-order chi connectivity index (χ1) is 14.5. The Kier molecular flexibility index (Phi) is 7.35. The Balaban J connectivity index is 1.61. The van der Waals surface area contributed by atoms with Crippen LogP contribution in [0, 0.1) is 6.92 Å². The molecule has 1 N–H and O–H groups in total. The molecule has 0 saturated carbocycles. The summed E-state index contributed by atoms with van der Waals surface area (Å²) in [4.78, 5) is 12.3. The van der Waals surface area contributed by atoms with Crippen LogP contribution in [0.25, 0.3) is 0 Å². The van der Waals surface area contributed by atoms with E-state index >= 15 is 0 Å². The van der Waals surface area contributed by atoms with Gasteiger partial charge in [0.05, 0.1) is 12.9 Å². The van der Waals surface area contributed by atoms with Crippen molar-refractivity contribution in [1.29, 1.82) is 0 Å². The van der Waals surface area contributed by atoms with Crippen LogP contribution in [0.2, 0.25) is 0 Å². The molecule has 0 aliphatic heterocycles. The van der Waals surface area contributed by atoms with Crippen LogP contribution in [-0.2, 0) is 11.3 Å². The number of carbonyl (C=O) groups is 1. The molecular formula is C22H26N4O3S. The van der Waals surface area contributed by atoms with Gasteiger partial charge in [-0.25, -0.2) is 0 Å². The van der Waals surface area contributed by atoms with Crippen molar-refractivity contribution >= 4 is 23.4 Å².